The third kappa shape index (κ3) is 8.45. The summed E-state index contributed by atoms with van der Waals surface area (Å²) >= 11 is 0. The highest BCUT2D eigenvalue weighted by atomic mass is 31.1. The van der Waals surface area contributed by atoms with E-state index in [2.05, 4.69) is 0 Å². The molecule has 10 rings (SSSR count). The van der Waals surface area contributed by atoms with E-state index < -0.39 is 65.5 Å². The van der Waals surface area contributed by atoms with Crippen molar-refractivity contribution >= 4 is 29.7 Å². The molecule has 0 unspecified atom stereocenters. The molecule has 4 aliphatic carbocycles. The van der Waals surface area contributed by atoms with Crippen LogP contribution in [-0.2, 0) is 55.1 Å². The maximum Gasteiger partial charge on any atom is 0.416 e. The van der Waals surface area contributed by atoms with Crippen molar-refractivity contribution in [1.82, 2.24) is 0 Å². The van der Waals surface area contributed by atoms with Crippen LogP contribution in [0.4, 0.5) is 52.7 Å². The molecule has 0 fully saturated rings. The topological polar surface area (TPSA) is 21.6 Å². The van der Waals surface area contributed by atoms with Crippen LogP contribution in [0.2, 0.25) is 0 Å². The molecule has 0 radical (unpaired) electrons. The number of benzene rings is 5. The van der Waals surface area contributed by atoms with Crippen LogP contribution in [0.1, 0.15) is 61.7 Å². The molecule has 0 amide bonds. The maximum atomic E-state index is 14.2. The van der Waals surface area contributed by atoms with E-state index in [1.54, 1.807) is 12.1 Å². The summed E-state index contributed by atoms with van der Waals surface area (Å²) in [6.45, 7) is 0.270. The van der Waals surface area contributed by atoms with Gasteiger partial charge in [0.05, 0.1) is 22.3 Å². The van der Waals surface area contributed by atoms with E-state index >= 15 is 0 Å². The molecule has 15 heteroatoms. The van der Waals surface area contributed by atoms with Crippen molar-refractivity contribution in [3.8, 4) is 0 Å². The number of alkyl halides is 12. The van der Waals surface area contributed by atoms with Crippen LogP contribution in [0, 0.1) is 0 Å². The van der Waals surface area contributed by atoms with Crippen molar-refractivity contribution in [2.24, 2.45) is 4.99 Å². The molecule has 0 N–H and O–H groups in total. The quantitative estimate of drug-likeness (QED) is 0.128. The van der Waals surface area contributed by atoms with Crippen LogP contribution in [-0.4, -0.2) is 12.5 Å². The third-order valence-electron chi connectivity index (χ3n) is 9.66. The number of nitrogens with zero attached hydrogens (tertiary/aromatic N) is 1. The Kier molecular flexibility index (Phi) is 10.3. The predicted molar refractivity (Wildman–Crippen MR) is 188 cm³/mol. The van der Waals surface area contributed by atoms with Crippen LogP contribution in [0.5, 0.6) is 0 Å². The van der Waals surface area contributed by atoms with E-state index in [-0.39, 0.29) is 49.3 Å². The number of hydrogen-bond donors (Lipinski definition) is 0. The molecule has 0 saturated carbocycles. The van der Waals surface area contributed by atoms with Gasteiger partial charge in [-0.2, -0.15) is 52.7 Å². The van der Waals surface area contributed by atoms with Gasteiger partial charge in [-0.25, -0.2) is 4.99 Å². The fourth-order valence-electron chi connectivity index (χ4n) is 6.87. The summed E-state index contributed by atoms with van der Waals surface area (Å²) in [6.07, 6.45) is -20.4. The SMILES string of the molecule is FC(F)(F)c1cc(P(c2cc(C(F)(F)F)cc(C(F)(F)F)c2)c2cc3ccc2CCc2ccc(cc2C2=N[C@H](c4ccccc4)CO2)CC3)cc(C(F)(F)F)c1. The highest BCUT2D eigenvalue weighted by molar-refractivity contribution is 7.80. The number of aliphatic imine (C=N–C) groups is 1. The molecule has 0 aromatic heterocycles. The molecule has 1 atom stereocenters. The van der Waals surface area contributed by atoms with Crippen molar-refractivity contribution in [2.45, 2.75) is 56.4 Å². The Hall–Kier alpha value is -4.84. The van der Waals surface area contributed by atoms with Crippen LogP contribution < -0.4 is 15.9 Å². The highest BCUT2D eigenvalue weighted by Crippen LogP contribution is 2.44. The number of aryl methyl sites for hydroxylation is 4. The van der Waals surface area contributed by atoms with E-state index in [9.17, 15) is 52.7 Å². The van der Waals surface area contributed by atoms with Gasteiger partial charge in [-0.05, 0) is 120 Å². The monoisotopic (exact) mass is 809 g/mol. The minimum absolute atomic E-state index is 0.0348. The van der Waals surface area contributed by atoms with Crippen LogP contribution >= 0.6 is 7.92 Å². The lowest BCUT2D eigenvalue weighted by atomic mass is 9.93. The Morgan fingerprint density at radius 3 is 1.46 bits per heavy atom. The van der Waals surface area contributed by atoms with Crippen molar-refractivity contribution in [2.75, 3.05) is 6.61 Å². The molecule has 4 bridgehead atoms. The zero-order chi connectivity index (χ0) is 40.2. The van der Waals surface area contributed by atoms with Crippen LogP contribution in [0.25, 0.3) is 0 Å². The van der Waals surface area contributed by atoms with Crippen LogP contribution in [0.3, 0.4) is 0 Å². The number of rotatable bonds is 5. The van der Waals surface area contributed by atoms with Crippen LogP contribution in [0.15, 0.2) is 108 Å². The lowest BCUT2D eigenvalue weighted by molar-refractivity contribution is -0.144. The van der Waals surface area contributed by atoms with Gasteiger partial charge in [-0.3, -0.25) is 0 Å². The first kappa shape index (κ1) is 39.4. The first-order valence-electron chi connectivity index (χ1n) is 17.1. The minimum atomic E-state index is -5.34. The molecule has 0 saturated heterocycles. The van der Waals surface area contributed by atoms with E-state index in [1.165, 1.54) is 6.07 Å². The largest absolute Gasteiger partial charge is 0.475 e. The fourth-order valence-corrected chi connectivity index (χ4v) is 9.56. The third-order valence-corrected chi connectivity index (χ3v) is 12.1. The van der Waals surface area contributed by atoms with Gasteiger partial charge in [-0.15, -0.1) is 0 Å². The second-order valence-electron chi connectivity index (χ2n) is 13.5. The predicted octanol–water partition coefficient (Wildman–Crippen LogP) is 10.9. The Morgan fingerprint density at radius 1 is 0.500 bits per heavy atom. The first-order chi connectivity index (χ1) is 26.2. The maximum absolute atomic E-state index is 14.2. The van der Waals surface area contributed by atoms with Gasteiger partial charge in [0, 0.05) is 5.56 Å². The average Bonchev–Trinajstić information content (AvgIpc) is 3.62. The molecule has 0 spiro atoms. The van der Waals surface area contributed by atoms with E-state index in [0.29, 0.717) is 53.3 Å². The van der Waals surface area contributed by atoms with Gasteiger partial charge >= 0.3 is 24.7 Å². The Labute approximate surface area is 313 Å². The highest BCUT2D eigenvalue weighted by Gasteiger charge is 2.41. The molecule has 2 nitrogen and oxygen atoms in total. The smallest absolute Gasteiger partial charge is 0.416 e. The summed E-state index contributed by atoms with van der Waals surface area (Å²) in [4.78, 5) is 4.81. The van der Waals surface area contributed by atoms with Crippen molar-refractivity contribution in [1.29, 1.82) is 0 Å². The molecule has 5 aromatic carbocycles. The summed E-state index contributed by atoms with van der Waals surface area (Å²) in [7, 11) is -2.91. The van der Waals surface area contributed by atoms with Gasteiger partial charge < -0.3 is 4.74 Å². The van der Waals surface area contributed by atoms with E-state index in [1.807, 2.05) is 48.5 Å². The Balaban J connectivity index is 1.41. The summed E-state index contributed by atoms with van der Waals surface area (Å²) in [6, 6.07) is 20.9. The van der Waals surface area contributed by atoms with Gasteiger partial charge in [0.2, 0.25) is 5.90 Å². The molecule has 292 valence electrons. The molecule has 5 aromatic rings. The molecule has 56 heavy (non-hydrogen) atoms. The minimum Gasteiger partial charge on any atom is -0.475 e. The molecular formula is C41H28F12NOP. The zero-order valence-corrected chi connectivity index (χ0v) is 29.7. The number of ether oxygens (including phenoxy) is 1. The number of halogens is 12. The van der Waals surface area contributed by atoms with Crippen molar-refractivity contribution in [3.63, 3.8) is 0 Å². The Bertz CT molecular complexity index is 2150. The van der Waals surface area contributed by atoms with Gasteiger partial charge in [0.1, 0.15) is 12.6 Å². The van der Waals surface area contributed by atoms with E-state index in [0.717, 1.165) is 16.7 Å². The second kappa shape index (κ2) is 14.6. The van der Waals surface area contributed by atoms with Crippen molar-refractivity contribution < 1.29 is 57.4 Å². The second-order valence-corrected chi connectivity index (χ2v) is 15.7. The summed E-state index contributed by atoms with van der Waals surface area (Å²) in [5.41, 5.74) is -3.00. The zero-order valence-electron chi connectivity index (χ0n) is 28.8. The van der Waals surface area contributed by atoms with Gasteiger partial charge in [-0.1, -0.05) is 60.7 Å². The Morgan fingerprint density at radius 2 is 0.964 bits per heavy atom. The molecular weight excluding hydrogens is 781 g/mol. The summed E-state index contributed by atoms with van der Waals surface area (Å²) < 4.78 is 176. The fraction of sp³-hybridized carbons (Fsp3) is 0.244. The standard InChI is InChI=1S/C41H28F12NOP/c42-38(43,44)28-16-29(39(45,46)47)19-32(18-28)56(33-20-30(40(48,49)50)17-31(21-33)41(51,52)53)36-15-24-7-6-23-8-10-25(12-13-27(36)11-9-24)34(14-23)37-54-35(22-55-37)26-4-2-1-3-5-26/h1-5,8-11,14-21,35H,6-7,12-13,22H2/t35-/m0/s1. The lowest BCUT2D eigenvalue weighted by Crippen LogP contribution is -2.28. The number of hydrogen-bond acceptors (Lipinski definition) is 2. The van der Waals surface area contributed by atoms with Gasteiger partial charge in [0.15, 0.2) is 0 Å². The normalized spacial score (nSPS) is 16.4. The van der Waals surface area contributed by atoms with E-state index in [4.69, 9.17) is 9.73 Å². The van der Waals surface area contributed by atoms with Gasteiger partial charge in [0.25, 0.3) is 0 Å². The summed E-state index contributed by atoms with van der Waals surface area (Å²) in [5.74, 6) is 0.372. The lowest BCUT2D eigenvalue weighted by Gasteiger charge is -2.27. The molecule has 1 aliphatic heterocycles. The molecule has 5 aliphatic rings. The summed E-state index contributed by atoms with van der Waals surface area (Å²) in [5, 5.41) is -1.40. The first-order valence-corrected chi connectivity index (χ1v) is 18.5. The molecule has 1 heterocycles. The average molecular weight is 810 g/mol. The van der Waals surface area contributed by atoms with Crippen molar-refractivity contribution in [3.05, 3.63) is 159 Å².